The number of fused-ring (bicyclic) bond motifs is 4. The second-order valence-corrected chi connectivity index (χ2v) is 14.6. The molecule has 0 N–H and O–H groups in total. The Kier molecular flexibility index (Phi) is 8.05. The smallest absolute Gasteiger partial charge is 0.138 e. The van der Waals surface area contributed by atoms with Crippen LogP contribution in [0, 0.1) is 13.8 Å². The Hall–Kier alpha value is -6.95. The summed E-state index contributed by atoms with van der Waals surface area (Å²) in [6.07, 6.45) is 1.95. The van der Waals surface area contributed by atoms with E-state index in [9.17, 15) is 0 Å². The van der Waals surface area contributed by atoms with E-state index in [-0.39, 0.29) is 0 Å². The van der Waals surface area contributed by atoms with Crippen LogP contribution in [0.2, 0.25) is 0 Å². The van der Waals surface area contributed by atoms with Crippen LogP contribution < -0.4 is 10.1 Å². The predicted octanol–water partition coefficient (Wildman–Crippen LogP) is 12.3. The molecule has 1 aliphatic rings. The topological polar surface area (TPSA) is 33.5 Å². The summed E-state index contributed by atoms with van der Waals surface area (Å²) in [5.74, 6) is 0.884. The molecule has 0 radical (unpaired) electrons. The van der Waals surface area contributed by atoms with Crippen molar-refractivity contribution < 1.29 is 4.94 Å². The molecule has 1 aliphatic heterocycles. The van der Waals surface area contributed by atoms with Gasteiger partial charge in [0.2, 0.25) is 0 Å². The number of para-hydroxylation sites is 3. The lowest BCUT2D eigenvalue weighted by molar-refractivity contribution is 0.142. The van der Waals surface area contributed by atoms with Crippen LogP contribution in [0.25, 0.3) is 38.8 Å². The average Bonchev–Trinajstić information content (AvgIpc) is 3.76. The zero-order chi connectivity index (χ0) is 37.8. The lowest BCUT2D eigenvalue weighted by Gasteiger charge is -2.37. The van der Waals surface area contributed by atoms with Crippen molar-refractivity contribution in [1.29, 1.82) is 0 Å². The number of hydrogen-bond donors (Lipinski definition) is 0. The van der Waals surface area contributed by atoms with Crippen LogP contribution in [-0.4, -0.2) is 16.6 Å². The van der Waals surface area contributed by atoms with Crippen LogP contribution in [0.1, 0.15) is 33.4 Å². The fraction of sp³-hybridized carbons (Fsp3) is 0.0784. The first-order valence-corrected chi connectivity index (χ1v) is 19.1. The first kappa shape index (κ1) is 33.6. The number of rotatable bonds is 7. The van der Waals surface area contributed by atoms with Gasteiger partial charge in [-0.3, -0.25) is 4.57 Å². The number of aromatic nitrogens is 2. The molecule has 2 aromatic heterocycles. The van der Waals surface area contributed by atoms with E-state index in [0.29, 0.717) is 0 Å². The first-order valence-electron chi connectivity index (χ1n) is 19.1. The molecule has 0 saturated carbocycles. The van der Waals surface area contributed by atoms with Gasteiger partial charge in [-0.1, -0.05) is 133 Å². The average molecular weight is 725 g/mol. The van der Waals surface area contributed by atoms with Crippen LogP contribution >= 0.6 is 0 Å². The van der Waals surface area contributed by atoms with Crippen LogP contribution in [0.15, 0.2) is 188 Å². The minimum atomic E-state index is -0.702. The fourth-order valence-electron chi connectivity index (χ4n) is 8.96. The Morgan fingerprint density at radius 3 is 1.86 bits per heavy atom. The van der Waals surface area contributed by atoms with Crippen LogP contribution in [0.4, 0.5) is 17.1 Å². The maximum absolute atomic E-state index is 6.37. The normalized spacial score (nSPS) is 12.8. The highest BCUT2D eigenvalue weighted by Gasteiger charge is 2.40. The molecule has 0 aliphatic carbocycles. The number of nitrogens with zero attached hydrogens (tertiary/aromatic N) is 4. The van der Waals surface area contributed by atoms with Crippen molar-refractivity contribution in [3.05, 3.63) is 222 Å². The second-order valence-electron chi connectivity index (χ2n) is 14.6. The van der Waals surface area contributed by atoms with Gasteiger partial charge in [0, 0.05) is 24.0 Å². The van der Waals surface area contributed by atoms with Gasteiger partial charge in [0.05, 0.1) is 33.5 Å². The summed E-state index contributed by atoms with van der Waals surface area (Å²) >= 11 is 0. The molecule has 270 valence electrons. The maximum Gasteiger partial charge on any atom is 0.138 e. The Balaban J connectivity index is 1.25. The summed E-state index contributed by atoms with van der Waals surface area (Å²) in [7, 11) is 1.95. The molecule has 5 nitrogen and oxygen atoms in total. The molecule has 10 rings (SSSR count). The molecule has 7 aromatic carbocycles. The van der Waals surface area contributed by atoms with Gasteiger partial charge in [-0.05, 0) is 107 Å². The molecule has 0 fully saturated rings. The first-order chi connectivity index (χ1) is 27.5. The largest absolute Gasteiger partial charge is 0.294 e. The van der Waals surface area contributed by atoms with Gasteiger partial charge >= 0.3 is 0 Å². The monoisotopic (exact) mass is 724 g/mol. The van der Waals surface area contributed by atoms with Gasteiger partial charge in [-0.25, -0.2) is 10.0 Å². The third-order valence-electron chi connectivity index (χ3n) is 11.4. The van der Waals surface area contributed by atoms with E-state index in [1.807, 2.05) is 29.4 Å². The lowest BCUT2D eigenvalue weighted by atomic mass is 9.65. The zero-order valence-corrected chi connectivity index (χ0v) is 31.6. The molecular formula is C51H40N4O. The van der Waals surface area contributed by atoms with E-state index in [2.05, 4.69) is 194 Å². The van der Waals surface area contributed by atoms with E-state index in [0.717, 1.165) is 50.6 Å². The maximum atomic E-state index is 6.37. The third kappa shape index (κ3) is 5.24. The van der Waals surface area contributed by atoms with Crippen LogP contribution in [0.5, 0.6) is 0 Å². The van der Waals surface area contributed by atoms with Crippen molar-refractivity contribution in [3.63, 3.8) is 0 Å². The van der Waals surface area contributed by atoms with Crippen molar-refractivity contribution in [2.45, 2.75) is 19.3 Å². The van der Waals surface area contributed by atoms with Gasteiger partial charge < -0.3 is 0 Å². The van der Waals surface area contributed by atoms with Gasteiger partial charge in [-0.2, -0.15) is 5.06 Å². The molecule has 9 aromatic rings. The highest BCUT2D eigenvalue weighted by molar-refractivity contribution is 6.09. The molecule has 0 atom stereocenters. The summed E-state index contributed by atoms with van der Waals surface area (Å²) in [5.41, 5.74) is 14.0. The molecule has 0 saturated heterocycles. The summed E-state index contributed by atoms with van der Waals surface area (Å²) in [4.78, 5) is 11.4. The second kappa shape index (κ2) is 13.4. The third-order valence-corrected chi connectivity index (χ3v) is 11.4. The summed E-state index contributed by atoms with van der Waals surface area (Å²) in [6, 6.07) is 65.4. The minimum Gasteiger partial charge on any atom is -0.294 e. The molecule has 0 spiro atoms. The van der Waals surface area contributed by atoms with Crippen molar-refractivity contribution in [1.82, 2.24) is 9.55 Å². The van der Waals surface area contributed by atoms with Crippen LogP contribution in [-0.2, 0) is 10.4 Å². The fourth-order valence-corrected chi connectivity index (χ4v) is 8.96. The predicted molar refractivity (Wildman–Crippen MR) is 230 cm³/mol. The molecule has 5 heteroatoms. The summed E-state index contributed by atoms with van der Waals surface area (Å²) in [6.45, 7) is 4.37. The SMILES string of the molecule is Cc1cccc(C)c1-c1ccnc(-n2c3ccccc3c3ccc(C(c4ccccc4)(c4ccccc4)c4cccc(N5ON(C)c6ccccc65)c4)cc32)c1. The Labute approximate surface area is 327 Å². The molecule has 0 unspecified atom stereocenters. The van der Waals surface area contributed by atoms with E-state index >= 15 is 0 Å². The standard InChI is InChI=1S/C51H40N4O/c1-35-16-14-17-36(2)50(35)37-30-31-52-49(32-37)54-45-25-11-10-24-43(45)44-29-28-41(34-48(44)54)51(38-18-6-4-7-19-38,39-20-8-5-9-21-39)40-22-15-23-42(33-40)55-47-27-13-12-26-46(47)53(3)56-55/h4-34H,1-3H3. The Bertz CT molecular complexity index is 2840. The Morgan fingerprint density at radius 1 is 0.500 bits per heavy atom. The molecular weight excluding hydrogens is 685 g/mol. The number of hydrogen-bond acceptors (Lipinski definition) is 4. The van der Waals surface area contributed by atoms with E-state index < -0.39 is 5.41 Å². The molecule has 0 amide bonds. The summed E-state index contributed by atoms with van der Waals surface area (Å²) < 4.78 is 2.34. The minimum absolute atomic E-state index is 0.702. The van der Waals surface area contributed by atoms with Gasteiger partial charge in [0.15, 0.2) is 0 Å². The quantitative estimate of drug-likeness (QED) is 0.153. The van der Waals surface area contributed by atoms with Gasteiger partial charge in [0.25, 0.3) is 0 Å². The number of pyridine rings is 1. The molecule has 0 bridgehead atoms. The summed E-state index contributed by atoms with van der Waals surface area (Å²) in [5, 5.41) is 6.11. The molecule has 56 heavy (non-hydrogen) atoms. The molecule has 3 heterocycles. The zero-order valence-electron chi connectivity index (χ0n) is 31.6. The van der Waals surface area contributed by atoms with Crippen molar-refractivity contribution in [2.75, 3.05) is 17.2 Å². The highest BCUT2D eigenvalue weighted by Crippen LogP contribution is 2.49. The van der Waals surface area contributed by atoms with Crippen LogP contribution in [0.3, 0.4) is 0 Å². The van der Waals surface area contributed by atoms with Crippen molar-refractivity contribution in [2.24, 2.45) is 0 Å². The van der Waals surface area contributed by atoms with Gasteiger partial charge in [-0.15, -0.1) is 4.94 Å². The van der Waals surface area contributed by atoms with Crippen molar-refractivity contribution >= 4 is 38.9 Å². The van der Waals surface area contributed by atoms with E-state index in [1.54, 1.807) is 0 Å². The number of hydroxylamine groups is 1. The van der Waals surface area contributed by atoms with E-state index in [4.69, 9.17) is 9.92 Å². The van der Waals surface area contributed by atoms with Gasteiger partial charge in [0.1, 0.15) is 5.82 Å². The highest BCUT2D eigenvalue weighted by atomic mass is 16.8. The lowest BCUT2D eigenvalue weighted by Crippen LogP contribution is -2.31. The Morgan fingerprint density at radius 2 is 1.11 bits per heavy atom. The number of benzene rings is 7. The van der Waals surface area contributed by atoms with Crippen molar-refractivity contribution in [3.8, 4) is 16.9 Å². The number of aryl methyl sites for hydroxylation is 2. The number of anilines is 3. The van der Waals surface area contributed by atoms with E-state index in [1.165, 1.54) is 38.6 Å².